The fourth-order valence-corrected chi connectivity index (χ4v) is 3.21. The summed E-state index contributed by atoms with van der Waals surface area (Å²) < 4.78 is 0. The summed E-state index contributed by atoms with van der Waals surface area (Å²) in [5, 5.41) is 11.4. The van der Waals surface area contributed by atoms with E-state index in [1.165, 1.54) is 24.8 Å². The summed E-state index contributed by atoms with van der Waals surface area (Å²) in [6.45, 7) is 5.17. The molecular formula is C19H27N5. The minimum absolute atomic E-state index is 0.646. The van der Waals surface area contributed by atoms with Gasteiger partial charge >= 0.3 is 0 Å². The number of hydrogen-bond donors (Lipinski definition) is 1. The summed E-state index contributed by atoms with van der Waals surface area (Å²) in [5.41, 5.74) is 1.45. The van der Waals surface area contributed by atoms with E-state index in [4.69, 9.17) is 0 Å². The van der Waals surface area contributed by atoms with E-state index in [1.807, 2.05) is 0 Å². The van der Waals surface area contributed by atoms with Gasteiger partial charge in [0.1, 0.15) is 0 Å². The number of hydrogen-bond acceptors (Lipinski definition) is 5. The van der Waals surface area contributed by atoms with Crippen molar-refractivity contribution in [2.45, 2.75) is 39.0 Å². The Kier molecular flexibility index (Phi) is 5.99. The molecule has 5 nitrogen and oxygen atoms in total. The molecule has 5 heteroatoms. The molecule has 2 heterocycles. The molecule has 0 saturated carbocycles. The molecule has 2 aromatic rings. The third kappa shape index (κ3) is 4.66. The van der Waals surface area contributed by atoms with Gasteiger partial charge in [-0.1, -0.05) is 43.7 Å². The zero-order valence-corrected chi connectivity index (χ0v) is 14.5. The molecule has 0 bridgehead atoms. The highest BCUT2D eigenvalue weighted by atomic mass is 15.3. The fraction of sp³-hybridized carbons (Fsp3) is 0.526. The van der Waals surface area contributed by atoms with Gasteiger partial charge in [-0.05, 0) is 37.2 Å². The SMILES string of the molecule is CCCCNc1nncc(N2CCC(Cc3ccccc3)CC2)n1. The number of aromatic nitrogens is 3. The van der Waals surface area contributed by atoms with E-state index in [0.717, 1.165) is 44.2 Å². The lowest BCUT2D eigenvalue weighted by atomic mass is 9.90. The molecule has 1 aromatic heterocycles. The lowest BCUT2D eigenvalue weighted by molar-refractivity contribution is 0.402. The number of nitrogens with one attached hydrogen (secondary N) is 1. The molecule has 0 unspecified atom stereocenters. The van der Waals surface area contributed by atoms with Gasteiger partial charge in [0.15, 0.2) is 5.82 Å². The Hall–Kier alpha value is -2.17. The van der Waals surface area contributed by atoms with E-state index in [1.54, 1.807) is 6.20 Å². The zero-order chi connectivity index (χ0) is 16.6. The Bertz CT molecular complexity index is 608. The number of unbranched alkanes of at least 4 members (excludes halogenated alkanes) is 1. The fourth-order valence-electron chi connectivity index (χ4n) is 3.21. The Labute approximate surface area is 144 Å². The van der Waals surface area contributed by atoms with E-state index in [-0.39, 0.29) is 0 Å². The first-order valence-corrected chi connectivity index (χ1v) is 9.07. The van der Waals surface area contributed by atoms with Crippen molar-refractivity contribution in [3.8, 4) is 0 Å². The van der Waals surface area contributed by atoms with Gasteiger partial charge in [-0.2, -0.15) is 10.1 Å². The van der Waals surface area contributed by atoms with Gasteiger partial charge < -0.3 is 10.2 Å². The number of anilines is 2. The molecule has 1 aliphatic heterocycles. The molecule has 0 spiro atoms. The monoisotopic (exact) mass is 325 g/mol. The van der Waals surface area contributed by atoms with Crippen molar-refractivity contribution in [1.82, 2.24) is 15.2 Å². The first-order valence-electron chi connectivity index (χ1n) is 9.07. The van der Waals surface area contributed by atoms with Crippen LogP contribution in [0.3, 0.4) is 0 Å². The molecule has 0 aliphatic carbocycles. The molecule has 24 heavy (non-hydrogen) atoms. The minimum atomic E-state index is 0.646. The van der Waals surface area contributed by atoms with E-state index < -0.39 is 0 Å². The Morgan fingerprint density at radius 2 is 1.96 bits per heavy atom. The first kappa shape index (κ1) is 16.7. The molecule has 3 rings (SSSR count). The summed E-state index contributed by atoms with van der Waals surface area (Å²) in [7, 11) is 0. The van der Waals surface area contributed by atoms with Crippen LogP contribution in [0, 0.1) is 5.92 Å². The van der Waals surface area contributed by atoms with E-state index >= 15 is 0 Å². The quantitative estimate of drug-likeness (QED) is 0.789. The zero-order valence-electron chi connectivity index (χ0n) is 14.5. The molecule has 0 amide bonds. The van der Waals surface area contributed by atoms with Gasteiger partial charge in [0.25, 0.3) is 0 Å². The van der Waals surface area contributed by atoms with Gasteiger partial charge in [0, 0.05) is 19.6 Å². The van der Waals surface area contributed by atoms with Crippen LogP contribution in [-0.4, -0.2) is 34.8 Å². The second kappa shape index (κ2) is 8.62. The number of benzene rings is 1. The molecular weight excluding hydrogens is 298 g/mol. The van der Waals surface area contributed by atoms with Crippen LogP contribution < -0.4 is 10.2 Å². The van der Waals surface area contributed by atoms with E-state index in [9.17, 15) is 0 Å². The van der Waals surface area contributed by atoms with Crippen LogP contribution in [0.15, 0.2) is 36.5 Å². The molecule has 0 atom stereocenters. The molecule has 0 radical (unpaired) electrons. The standard InChI is InChI=1S/C19H27N5/c1-2-3-11-20-19-22-18(15-21-23-19)24-12-9-17(10-13-24)14-16-7-5-4-6-8-16/h4-8,15,17H,2-3,9-14H2,1H3,(H,20,22,23). The molecule has 1 saturated heterocycles. The molecule has 1 aliphatic rings. The smallest absolute Gasteiger partial charge is 0.244 e. The van der Waals surface area contributed by atoms with Crippen molar-refractivity contribution in [3.05, 3.63) is 42.1 Å². The number of piperidine rings is 1. The van der Waals surface area contributed by atoms with Gasteiger partial charge in [0.05, 0.1) is 6.20 Å². The highest BCUT2D eigenvalue weighted by Crippen LogP contribution is 2.24. The van der Waals surface area contributed by atoms with Gasteiger partial charge in [-0.3, -0.25) is 0 Å². The summed E-state index contributed by atoms with van der Waals surface area (Å²) in [6.07, 6.45) is 7.66. The highest BCUT2D eigenvalue weighted by Gasteiger charge is 2.21. The van der Waals surface area contributed by atoms with Crippen molar-refractivity contribution in [2.75, 3.05) is 29.9 Å². The van der Waals surface area contributed by atoms with Crippen LogP contribution >= 0.6 is 0 Å². The maximum atomic E-state index is 4.62. The molecule has 1 fully saturated rings. The second-order valence-electron chi connectivity index (χ2n) is 6.54. The molecule has 128 valence electrons. The average Bonchev–Trinajstić information content (AvgIpc) is 2.64. The third-order valence-electron chi connectivity index (χ3n) is 4.67. The molecule has 1 aromatic carbocycles. The number of nitrogens with zero attached hydrogens (tertiary/aromatic N) is 4. The summed E-state index contributed by atoms with van der Waals surface area (Å²) >= 11 is 0. The number of rotatable bonds is 7. The van der Waals surface area contributed by atoms with Crippen LogP contribution in [0.4, 0.5) is 11.8 Å². The topological polar surface area (TPSA) is 53.9 Å². The maximum Gasteiger partial charge on any atom is 0.244 e. The Morgan fingerprint density at radius 1 is 1.17 bits per heavy atom. The minimum Gasteiger partial charge on any atom is -0.355 e. The Balaban J connectivity index is 1.52. The van der Waals surface area contributed by atoms with Crippen molar-refractivity contribution < 1.29 is 0 Å². The lowest BCUT2D eigenvalue weighted by Gasteiger charge is -2.32. The van der Waals surface area contributed by atoms with Gasteiger partial charge in [-0.25, -0.2) is 0 Å². The Morgan fingerprint density at radius 3 is 2.71 bits per heavy atom. The lowest BCUT2D eigenvalue weighted by Crippen LogP contribution is -2.35. The predicted octanol–water partition coefficient (Wildman–Crippen LogP) is 3.54. The van der Waals surface area contributed by atoms with Crippen LogP contribution in [0.2, 0.25) is 0 Å². The van der Waals surface area contributed by atoms with Gasteiger partial charge in [-0.15, -0.1) is 5.10 Å². The van der Waals surface area contributed by atoms with Crippen molar-refractivity contribution in [1.29, 1.82) is 0 Å². The van der Waals surface area contributed by atoms with Crippen molar-refractivity contribution in [2.24, 2.45) is 5.92 Å². The summed E-state index contributed by atoms with van der Waals surface area (Å²) in [4.78, 5) is 6.95. The van der Waals surface area contributed by atoms with Gasteiger partial charge in [0.2, 0.25) is 5.95 Å². The molecule has 1 N–H and O–H groups in total. The summed E-state index contributed by atoms with van der Waals surface area (Å²) in [6, 6.07) is 10.8. The van der Waals surface area contributed by atoms with E-state index in [2.05, 4.69) is 62.7 Å². The highest BCUT2D eigenvalue weighted by molar-refractivity contribution is 5.40. The maximum absolute atomic E-state index is 4.62. The van der Waals surface area contributed by atoms with Crippen molar-refractivity contribution in [3.63, 3.8) is 0 Å². The van der Waals surface area contributed by atoms with E-state index in [0.29, 0.717) is 5.95 Å². The first-order chi connectivity index (χ1) is 11.8. The third-order valence-corrected chi connectivity index (χ3v) is 4.67. The van der Waals surface area contributed by atoms with Crippen LogP contribution in [-0.2, 0) is 6.42 Å². The van der Waals surface area contributed by atoms with Crippen LogP contribution in [0.5, 0.6) is 0 Å². The largest absolute Gasteiger partial charge is 0.355 e. The second-order valence-corrected chi connectivity index (χ2v) is 6.54. The van der Waals surface area contributed by atoms with Crippen LogP contribution in [0.25, 0.3) is 0 Å². The normalized spacial score (nSPS) is 15.5. The van der Waals surface area contributed by atoms with Crippen LogP contribution in [0.1, 0.15) is 38.2 Å². The van der Waals surface area contributed by atoms with Crippen molar-refractivity contribution >= 4 is 11.8 Å². The predicted molar refractivity (Wildman–Crippen MR) is 98.3 cm³/mol. The summed E-state index contributed by atoms with van der Waals surface area (Å²) in [5.74, 6) is 2.36. The average molecular weight is 325 g/mol.